The number of phenols is 1. The van der Waals surface area contributed by atoms with Crippen molar-refractivity contribution < 1.29 is 49.4 Å². The highest BCUT2D eigenvalue weighted by Crippen LogP contribution is 2.41. The van der Waals surface area contributed by atoms with Crippen LogP contribution in [0.2, 0.25) is 0 Å². The molecular formula is C34H49NO10. The second-order valence-corrected chi connectivity index (χ2v) is 13.0. The fourth-order valence-electron chi connectivity index (χ4n) is 5.77. The van der Waals surface area contributed by atoms with E-state index in [1.165, 1.54) is 19.1 Å². The van der Waals surface area contributed by atoms with Crippen LogP contribution >= 0.6 is 0 Å². The number of carbonyl (C=O) groups excluding carboxylic acids is 3. The Kier molecular flexibility index (Phi) is 13.8. The van der Waals surface area contributed by atoms with Gasteiger partial charge in [0.05, 0.1) is 12.7 Å². The van der Waals surface area contributed by atoms with Crippen molar-refractivity contribution in [3.05, 3.63) is 58.7 Å². The summed E-state index contributed by atoms with van der Waals surface area (Å²) in [7, 11) is 0. The summed E-state index contributed by atoms with van der Waals surface area (Å²) < 4.78 is 11.2. The zero-order valence-electron chi connectivity index (χ0n) is 27.2. The van der Waals surface area contributed by atoms with Crippen molar-refractivity contribution in [2.24, 2.45) is 10.8 Å². The predicted molar refractivity (Wildman–Crippen MR) is 169 cm³/mol. The van der Waals surface area contributed by atoms with Gasteiger partial charge in [0.15, 0.2) is 6.29 Å². The van der Waals surface area contributed by atoms with Gasteiger partial charge in [0.25, 0.3) is 0 Å². The van der Waals surface area contributed by atoms with Crippen LogP contribution in [0.15, 0.2) is 58.7 Å². The van der Waals surface area contributed by atoms with Crippen molar-refractivity contribution in [2.45, 2.75) is 105 Å². The molecule has 1 aromatic rings. The largest absolute Gasteiger partial charge is 0.508 e. The monoisotopic (exact) mass is 631 g/mol. The molecule has 0 spiro atoms. The van der Waals surface area contributed by atoms with Crippen molar-refractivity contribution in [3.63, 3.8) is 0 Å². The number of nitrogens with one attached hydrogen (secondary N) is 1. The predicted octanol–water partition coefficient (Wildman–Crippen LogP) is 3.35. The maximum atomic E-state index is 11.2. The number of amides is 1. The van der Waals surface area contributed by atoms with Crippen molar-refractivity contribution in [3.8, 4) is 5.75 Å². The molecule has 1 saturated heterocycles. The lowest BCUT2D eigenvalue weighted by Crippen LogP contribution is -2.59. The first-order valence-corrected chi connectivity index (χ1v) is 15.0. The number of allylic oxidation sites excluding steroid dienone is 5. The standard InChI is InChI=1S/C16H26O7.C10H14O.C8H9NO2/c1-8-4-9(5-16(2,3)10(8)6-17)22-15-14(21)13(20)12(19)11(7-18)23-15;1-8-5-4-6-10(2,3)9(8)7-11;1-6(10)9-7-2-4-8(11)5-3-7/h6,9,11-15,18-21H,4-5,7H2,1-3H3;4-5,7H,6H2,1-3H3;2-5,11H,1H3,(H,9,10)/t9-,11-,12-,13+,14-,15-;;/m1../s1. The number of aldehydes is 2. The Hall–Kier alpha value is -3.19. The number of anilines is 1. The van der Waals surface area contributed by atoms with Gasteiger partial charge in [-0.05, 0) is 79.4 Å². The summed E-state index contributed by atoms with van der Waals surface area (Å²) in [5.41, 5.74) is 4.10. The van der Waals surface area contributed by atoms with Crippen LogP contribution in [0, 0.1) is 10.8 Å². The third kappa shape index (κ3) is 10.4. The van der Waals surface area contributed by atoms with Gasteiger partial charge in [0.1, 0.15) is 42.7 Å². The van der Waals surface area contributed by atoms with Crippen molar-refractivity contribution in [1.29, 1.82) is 0 Å². The van der Waals surface area contributed by atoms with Crippen LogP contribution in [0.4, 0.5) is 5.69 Å². The van der Waals surface area contributed by atoms with Gasteiger partial charge >= 0.3 is 0 Å². The molecule has 250 valence electrons. The van der Waals surface area contributed by atoms with Crippen LogP contribution in [-0.2, 0) is 23.9 Å². The Morgan fingerprint density at radius 1 is 0.978 bits per heavy atom. The Morgan fingerprint density at radius 3 is 2.04 bits per heavy atom. The second kappa shape index (κ2) is 16.4. The van der Waals surface area contributed by atoms with Gasteiger partial charge in [0, 0.05) is 18.2 Å². The molecule has 2 aliphatic carbocycles. The molecule has 3 aliphatic rings. The highest BCUT2D eigenvalue weighted by atomic mass is 16.7. The molecule has 1 heterocycles. The molecule has 0 radical (unpaired) electrons. The van der Waals surface area contributed by atoms with Crippen LogP contribution in [-0.4, -0.2) is 87.4 Å². The molecule has 1 fully saturated rings. The van der Waals surface area contributed by atoms with Gasteiger partial charge in [-0.15, -0.1) is 0 Å². The van der Waals surface area contributed by atoms with E-state index >= 15 is 0 Å². The third-order valence-electron chi connectivity index (χ3n) is 8.21. The van der Waals surface area contributed by atoms with Crippen LogP contribution in [0.1, 0.15) is 67.7 Å². The second-order valence-electron chi connectivity index (χ2n) is 13.0. The smallest absolute Gasteiger partial charge is 0.221 e. The first-order chi connectivity index (χ1) is 21.0. The van der Waals surface area contributed by atoms with E-state index in [1.54, 1.807) is 12.1 Å². The number of aliphatic hydroxyl groups excluding tert-OH is 4. The molecule has 0 saturated carbocycles. The lowest BCUT2D eigenvalue weighted by atomic mass is 9.72. The molecule has 1 aliphatic heterocycles. The Bertz CT molecular complexity index is 1260. The van der Waals surface area contributed by atoms with E-state index < -0.39 is 37.3 Å². The number of aromatic hydroxyl groups is 1. The summed E-state index contributed by atoms with van der Waals surface area (Å²) in [6.45, 7) is 12.9. The molecule has 1 amide bonds. The molecular weight excluding hydrogens is 582 g/mol. The van der Waals surface area contributed by atoms with Crippen LogP contribution in [0.5, 0.6) is 5.75 Å². The summed E-state index contributed by atoms with van der Waals surface area (Å²) in [6, 6.07) is 6.31. The quantitative estimate of drug-likeness (QED) is 0.201. The maximum Gasteiger partial charge on any atom is 0.221 e. The maximum absolute atomic E-state index is 11.2. The van der Waals surface area contributed by atoms with Gasteiger partial charge in [0.2, 0.25) is 5.91 Å². The van der Waals surface area contributed by atoms with Gasteiger partial charge in [-0.3, -0.25) is 14.4 Å². The molecule has 1 aromatic carbocycles. The van der Waals surface area contributed by atoms with Crippen LogP contribution in [0.3, 0.4) is 0 Å². The van der Waals surface area contributed by atoms with Crippen LogP contribution in [0.25, 0.3) is 0 Å². The molecule has 0 aromatic heterocycles. The molecule has 11 nitrogen and oxygen atoms in total. The third-order valence-corrected chi connectivity index (χ3v) is 8.21. The number of carbonyl (C=O) groups is 3. The number of benzene rings is 1. The topological polar surface area (TPSA) is 183 Å². The number of rotatable bonds is 6. The van der Waals surface area contributed by atoms with E-state index in [0.29, 0.717) is 18.5 Å². The zero-order chi connectivity index (χ0) is 34.1. The number of ether oxygens (including phenoxy) is 2. The average Bonchev–Trinajstić information content (AvgIpc) is 2.94. The van der Waals surface area contributed by atoms with E-state index in [1.807, 2.05) is 33.8 Å². The Balaban J connectivity index is 0.000000266. The van der Waals surface area contributed by atoms with E-state index in [9.17, 15) is 34.8 Å². The highest BCUT2D eigenvalue weighted by molar-refractivity contribution is 5.88. The van der Waals surface area contributed by atoms with E-state index in [0.717, 1.165) is 41.3 Å². The van der Waals surface area contributed by atoms with Crippen molar-refractivity contribution in [2.75, 3.05) is 11.9 Å². The molecule has 11 heteroatoms. The molecule has 0 unspecified atom stereocenters. The van der Waals surface area contributed by atoms with E-state index in [2.05, 4.69) is 25.2 Å². The van der Waals surface area contributed by atoms with Gasteiger partial charge in [-0.1, -0.05) is 45.4 Å². The van der Waals surface area contributed by atoms with Crippen molar-refractivity contribution in [1.82, 2.24) is 0 Å². The minimum Gasteiger partial charge on any atom is -0.508 e. The summed E-state index contributed by atoms with van der Waals surface area (Å²) in [5, 5.41) is 50.3. The van der Waals surface area contributed by atoms with E-state index in [4.69, 9.17) is 14.6 Å². The van der Waals surface area contributed by atoms with Gasteiger partial charge < -0.3 is 40.3 Å². The minimum absolute atomic E-state index is 0.0422. The first kappa shape index (κ1) is 38.0. The SMILES string of the molecule is CC(=O)Nc1ccc(O)cc1.CC1=C(C=O)C(C)(C)CC=C1.CC1=C(C=O)C(C)(C)C[C@H](O[C@@H]2O[C@H](CO)[C@@H](O)[C@H](O)[C@H]2O)C1. The minimum atomic E-state index is -1.45. The highest BCUT2D eigenvalue weighted by Gasteiger charge is 2.46. The lowest BCUT2D eigenvalue weighted by Gasteiger charge is -2.43. The fourth-order valence-corrected chi connectivity index (χ4v) is 5.77. The summed E-state index contributed by atoms with van der Waals surface area (Å²) in [6.07, 6.45) is 1.37. The normalized spacial score (nSPS) is 28.6. The molecule has 4 rings (SSSR count). The summed E-state index contributed by atoms with van der Waals surface area (Å²) >= 11 is 0. The lowest BCUT2D eigenvalue weighted by molar-refractivity contribution is -0.312. The Labute approximate surface area is 265 Å². The summed E-state index contributed by atoms with van der Waals surface area (Å²) in [4.78, 5) is 32.5. The van der Waals surface area contributed by atoms with Gasteiger partial charge in [-0.25, -0.2) is 0 Å². The number of phenolic OH excluding ortho intramolecular Hbond substituents is 1. The number of hydrogen-bond donors (Lipinski definition) is 6. The average molecular weight is 632 g/mol. The number of aliphatic hydroxyl groups is 4. The molecule has 0 bridgehead atoms. The van der Waals surface area contributed by atoms with Crippen LogP contribution < -0.4 is 5.32 Å². The zero-order valence-corrected chi connectivity index (χ0v) is 27.2. The summed E-state index contributed by atoms with van der Waals surface area (Å²) in [5.74, 6) is 0.0785. The van der Waals surface area contributed by atoms with E-state index in [-0.39, 0.29) is 28.6 Å². The van der Waals surface area contributed by atoms with Crippen molar-refractivity contribution >= 4 is 24.2 Å². The molecule has 6 N–H and O–H groups in total. The molecule has 45 heavy (non-hydrogen) atoms. The first-order valence-electron chi connectivity index (χ1n) is 15.0. The number of hydrogen-bond acceptors (Lipinski definition) is 10. The van der Waals surface area contributed by atoms with Gasteiger partial charge in [-0.2, -0.15) is 0 Å². The fraction of sp³-hybridized carbons (Fsp3) is 0.559. The molecule has 6 atom stereocenters. The Morgan fingerprint density at radius 2 is 1.58 bits per heavy atom.